The summed E-state index contributed by atoms with van der Waals surface area (Å²) in [6.07, 6.45) is -2.56. The lowest BCUT2D eigenvalue weighted by Gasteiger charge is -2.03. The molecule has 0 aliphatic heterocycles. The van der Waals surface area contributed by atoms with E-state index in [0.717, 1.165) is 0 Å². The second-order valence-corrected chi connectivity index (χ2v) is 2.39. The molecule has 6 nitrogen and oxygen atoms in total. The Hall–Kier alpha value is -1.99. The number of aromatic nitrogens is 1. The Morgan fingerprint density at radius 3 is 2.57 bits per heavy atom. The van der Waals surface area contributed by atoms with E-state index in [0.29, 0.717) is 6.20 Å². The fourth-order valence-corrected chi connectivity index (χ4v) is 0.930. The van der Waals surface area contributed by atoms with Gasteiger partial charge in [0.2, 0.25) is 0 Å². The van der Waals surface area contributed by atoms with Gasteiger partial charge in [0.1, 0.15) is 11.3 Å². The van der Waals surface area contributed by atoms with Crippen LogP contribution in [0.1, 0.15) is 12.0 Å². The number of halogens is 2. The Kier molecular flexibility index (Phi) is 2.45. The zero-order chi connectivity index (χ0) is 10.9. The molecule has 76 valence electrons. The summed E-state index contributed by atoms with van der Waals surface area (Å²) in [5.74, 6) is 0. The molecule has 0 aliphatic carbocycles. The Morgan fingerprint density at radius 1 is 1.57 bits per heavy atom. The van der Waals surface area contributed by atoms with Crippen molar-refractivity contribution in [1.82, 2.24) is 4.98 Å². The van der Waals surface area contributed by atoms with Crippen molar-refractivity contribution in [3.8, 4) is 0 Å². The van der Waals surface area contributed by atoms with Crippen LogP contribution in [0.25, 0.3) is 0 Å². The maximum atomic E-state index is 12.3. The number of nitro groups is 1. The van der Waals surface area contributed by atoms with Crippen LogP contribution in [0, 0.1) is 10.1 Å². The van der Waals surface area contributed by atoms with Gasteiger partial charge in [0.15, 0.2) is 0 Å². The molecule has 1 rings (SSSR count). The maximum Gasteiger partial charge on any atom is 0.296 e. The monoisotopic (exact) mass is 205 g/mol. The van der Waals surface area contributed by atoms with Gasteiger partial charge in [0.05, 0.1) is 11.1 Å². The van der Waals surface area contributed by atoms with Crippen LogP contribution in [-0.2, 0) is 0 Å². The smallest absolute Gasteiger partial charge is 0.296 e. The van der Waals surface area contributed by atoms with E-state index in [1.54, 1.807) is 0 Å². The van der Waals surface area contributed by atoms with E-state index in [9.17, 15) is 23.7 Å². The zero-order valence-electron chi connectivity index (χ0n) is 6.66. The van der Waals surface area contributed by atoms with Crippen molar-refractivity contribution in [2.75, 3.05) is 5.73 Å². The van der Waals surface area contributed by atoms with Crippen LogP contribution in [0.4, 0.5) is 20.2 Å². The van der Waals surface area contributed by atoms with Gasteiger partial charge in [-0.2, -0.15) is 0 Å². The number of nitrogens with two attached hydrogens (primary N) is 1. The van der Waals surface area contributed by atoms with Gasteiger partial charge in [-0.15, -0.1) is 0 Å². The third-order valence-corrected chi connectivity index (χ3v) is 1.57. The van der Waals surface area contributed by atoms with Gasteiger partial charge >= 0.3 is 0 Å². The molecule has 1 heterocycles. The summed E-state index contributed by atoms with van der Waals surface area (Å²) in [5.41, 5.74) is 1.27. The van der Waals surface area contributed by atoms with Crippen molar-refractivity contribution in [3.63, 3.8) is 0 Å². The number of hydrogen-bond acceptors (Lipinski definition) is 4. The van der Waals surface area contributed by atoms with Crippen LogP contribution in [0.3, 0.4) is 0 Å². The minimum Gasteiger partial charge on any atom is -0.394 e. The summed E-state index contributed by atoms with van der Waals surface area (Å²) in [4.78, 5) is 21.9. The number of rotatable bonds is 2. The molecule has 0 aliphatic rings. The molecule has 3 N–H and O–H groups in total. The third-order valence-electron chi connectivity index (χ3n) is 1.57. The number of nitrogens with one attached hydrogen (secondary N) is 1. The Labute approximate surface area is 75.5 Å². The van der Waals surface area contributed by atoms with E-state index in [1.165, 1.54) is 0 Å². The molecule has 0 spiro atoms. The van der Waals surface area contributed by atoms with Crippen LogP contribution in [-0.4, -0.2) is 9.91 Å². The summed E-state index contributed by atoms with van der Waals surface area (Å²) in [7, 11) is 0. The average Bonchev–Trinajstić information content (AvgIpc) is 2.08. The van der Waals surface area contributed by atoms with E-state index >= 15 is 0 Å². The van der Waals surface area contributed by atoms with Crippen molar-refractivity contribution >= 4 is 11.4 Å². The topological polar surface area (TPSA) is 102 Å². The fraction of sp³-hybridized carbons (Fsp3) is 0.167. The molecule has 0 unspecified atom stereocenters. The maximum absolute atomic E-state index is 12.3. The van der Waals surface area contributed by atoms with Crippen molar-refractivity contribution in [2.24, 2.45) is 0 Å². The molecule has 0 saturated heterocycles. The predicted molar refractivity (Wildman–Crippen MR) is 43.1 cm³/mol. The van der Waals surface area contributed by atoms with Gasteiger partial charge in [0.25, 0.3) is 17.7 Å². The van der Waals surface area contributed by atoms with Crippen LogP contribution in [0.5, 0.6) is 0 Å². The molecule has 1 aromatic rings. The van der Waals surface area contributed by atoms with Gasteiger partial charge < -0.3 is 10.7 Å². The highest BCUT2D eigenvalue weighted by molar-refractivity contribution is 5.55. The highest BCUT2D eigenvalue weighted by Gasteiger charge is 2.26. The van der Waals surface area contributed by atoms with Crippen LogP contribution < -0.4 is 11.3 Å². The second kappa shape index (κ2) is 3.40. The van der Waals surface area contributed by atoms with Crippen molar-refractivity contribution < 1.29 is 13.7 Å². The number of nitrogens with zero attached hydrogens (tertiary/aromatic N) is 1. The molecule has 0 aromatic carbocycles. The van der Waals surface area contributed by atoms with E-state index in [2.05, 4.69) is 0 Å². The number of pyridine rings is 1. The van der Waals surface area contributed by atoms with Gasteiger partial charge in [0, 0.05) is 0 Å². The molecular weight excluding hydrogens is 200 g/mol. The van der Waals surface area contributed by atoms with Crippen molar-refractivity contribution in [2.45, 2.75) is 6.43 Å². The molecule has 0 saturated carbocycles. The number of aromatic amines is 1. The molecule has 0 fully saturated rings. The Morgan fingerprint density at radius 2 is 2.14 bits per heavy atom. The van der Waals surface area contributed by atoms with Crippen LogP contribution in [0.2, 0.25) is 0 Å². The summed E-state index contributed by atoms with van der Waals surface area (Å²) >= 11 is 0. The minimum absolute atomic E-state index is 0.597. The normalized spacial score (nSPS) is 10.5. The second-order valence-electron chi connectivity index (χ2n) is 2.39. The Bertz CT molecular complexity index is 429. The number of hydrogen-bond donors (Lipinski definition) is 2. The molecule has 14 heavy (non-hydrogen) atoms. The van der Waals surface area contributed by atoms with E-state index in [-0.39, 0.29) is 0 Å². The molecule has 0 bridgehead atoms. The first-order valence-corrected chi connectivity index (χ1v) is 3.38. The summed E-state index contributed by atoms with van der Waals surface area (Å²) in [6, 6.07) is 0. The molecule has 0 radical (unpaired) electrons. The minimum atomic E-state index is -3.15. The SMILES string of the molecule is Nc1c(C(F)F)c([N+](=O)[O-])c[nH]c1=O. The predicted octanol–water partition coefficient (Wildman–Crippen LogP) is 0.803. The van der Waals surface area contributed by atoms with Crippen LogP contribution in [0.15, 0.2) is 11.0 Å². The highest BCUT2D eigenvalue weighted by Crippen LogP contribution is 2.30. The largest absolute Gasteiger partial charge is 0.394 e. The van der Waals surface area contributed by atoms with Gasteiger partial charge in [-0.3, -0.25) is 14.9 Å². The first kappa shape index (κ1) is 10.1. The first-order valence-electron chi connectivity index (χ1n) is 3.38. The molecule has 1 aromatic heterocycles. The summed E-state index contributed by atoms with van der Waals surface area (Å²) in [6.45, 7) is 0. The van der Waals surface area contributed by atoms with Crippen LogP contribution >= 0.6 is 0 Å². The van der Waals surface area contributed by atoms with Gasteiger partial charge in [-0.1, -0.05) is 0 Å². The summed E-state index contributed by atoms with van der Waals surface area (Å²) in [5, 5.41) is 10.3. The first-order chi connectivity index (χ1) is 6.45. The van der Waals surface area contributed by atoms with E-state index in [1.807, 2.05) is 4.98 Å². The average molecular weight is 205 g/mol. The lowest BCUT2D eigenvalue weighted by Crippen LogP contribution is -2.16. The van der Waals surface area contributed by atoms with Crippen molar-refractivity contribution in [1.29, 1.82) is 0 Å². The van der Waals surface area contributed by atoms with E-state index in [4.69, 9.17) is 5.73 Å². The highest BCUT2D eigenvalue weighted by atomic mass is 19.3. The van der Waals surface area contributed by atoms with Gasteiger partial charge in [-0.05, 0) is 0 Å². The van der Waals surface area contributed by atoms with Gasteiger partial charge in [-0.25, -0.2) is 8.78 Å². The standard InChI is InChI=1S/C6H5F2N3O3/c7-5(8)3-2(11(13)14)1-10-6(12)4(3)9/h1,5H,9H2,(H,10,12). The lowest BCUT2D eigenvalue weighted by atomic mass is 10.2. The Balaban J connectivity index is 3.53. The summed E-state index contributed by atoms with van der Waals surface area (Å²) < 4.78 is 24.6. The number of H-pyrrole nitrogens is 1. The molecular formula is C6H5F2N3O3. The fourth-order valence-electron chi connectivity index (χ4n) is 0.930. The zero-order valence-corrected chi connectivity index (χ0v) is 6.66. The van der Waals surface area contributed by atoms with Crippen molar-refractivity contribution in [3.05, 3.63) is 32.2 Å². The number of nitrogen functional groups attached to an aromatic ring is 1. The van der Waals surface area contributed by atoms with E-state index < -0.39 is 33.8 Å². The quantitative estimate of drug-likeness (QED) is 0.550. The number of anilines is 1. The molecule has 8 heteroatoms. The molecule has 0 atom stereocenters. The molecule has 0 amide bonds. The third kappa shape index (κ3) is 1.53. The number of alkyl halides is 2. The lowest BCUT2D eigenvalue weighted by molar-refractivity contribution is -0.386.